The highest BCUT2D eigenvalue weighted by atomic mass is 35.5. The Morgan fingerprint density at radius 2 is 1.87 bits per heavy atom. The zero-order chi connectivity index (χ0) is 11.0. The Morgan fingerprint density at radius 3 is 2.33 bits per heavy atom. The van der Waals surface area contributed by atoms with Crippen molar-refractivity contribution in [3.05, 3.63) is 34.9 Å². The number of halogens is 1. The molecule has 0 spiro atoms. The fraction of sp³-hybridized carbons (Fsp3) is 0.273. The van der Waals surface area contributed by atoms with Crippen LogP contribution in [0.3, 0.4) is 0 Å². The number of nitrogens with zero attached hydrogens (tertiary/aromatic N) is 1. The predicted molar refractivity (Wildman–Crippen MR) is 56.6 cm³/mol. The molecule has 4 heteroatoms. The van der Waals surface area contributed by atoms with Crippen molar-refractivity contribution in [3.8, 4) is 0 Å². The summed E-state index contributed by atoms with van der Waals surface area (Å²) in [6, 6.07) is 7.04. The van der Waals surface area contributed by atoms with Crippen LogP contribution in [0.25, 0.3) is 0 Å². The van der Waals surface area contributed by atoms with Gasteiger partial charge in [0.15, 0.2) is 0 Å². The number of benzene rings is 1. The summed E-state index contributed by atoms with van der Waals surface area (Å²) in [5, 5.41) is 0.629. The number of amides is 2. The average molecular weight is 224 g/mol. The minimum Gasteiger partial charge on any atom is -0.285 e. The number of likely N-dealkylation sites (N-methyl/N-ethyl adjacent to an activating group) is 1. The molecule has 15 heavy (non-hydrogen) atoms. The van der Waals surface area contributed by atoms with Crippen LogP contribution in [-0.4, -0.2) is 23.8 Å². The second-order valence-electron chi connectivity index (χ2n) is 3.60. The van der Waals surface area contributed by atoms with Crippen LogP contribution in [0.15, 0.2) is 24.3 Å². The van der Waals surface area contributed by atoms with E-state index >= 15 is 0 Å². The highest BCUT2D eigenvalue weighted by molar-refractivity contribution is 6.30. The largest absolute Gasteiger partial charge is 0.285 e. The van der Waals surface area contributed by atoms with Crippen LogP contribution in [0.4, 0.5) is 0 Å². The maximum Gasteiger partial charge on any atom is 0.236 e. The fourth-order valence-corrected chi connectivity index (χ4v) is 1.84. The second kappa shape index (κ2) is 3.66. The van der Waals surface area contributed by atoms with E-state index in [-0.39, 0.29) is 24.2 Å². The third-order valence-electron chi connectivity index (χ3n) is 2.65. The number of hydrogen-bond acceptors (Lipinski definition) is 2. The van der Waals surface area contributed by atoms with Gasteiger partial charge in [-0.1, -0.05) is 23.7 Å². The summed E-state index contributed by atoms with van der Waals surface area (Å²) in [5.74, 6) is -0.595. The van der Waals surface area contributed by atoms with Gasteiger partial charge in [-0.15, -0.1) is 0 Å². The molecule has 2 amide bonds. The molecule has 1 aromatic carbocycles. The molecule has 1 fully saturated rings. The first-order valence-electron chi connectivity index (χ1n) is 4.65. The molecule has 1 heterocycles. The smallest absolute Gasteiger partial charge is 0.236 e. The number of rotatable bonds is 1. The standard InChI is InChI=1S/C11H10ClNO2/c1-13-10(14)6-9(11(13)15)7-2-4-8(12)5-3-7/h2-5,9H,6H2,1H3/t9-/m0/s1. The summed E-state index contributed by atoms with van der Waals surface area (Å²) < 4.78 is 0. The third kappa shape index (κ3) is 1.75. The molecular formula is C11H10ClNO2. The minimum absolute atomic E-state index is 0.125. The molecule has 0 saturated carbocycles. The Hall–Kier alpha value is -1.35. The highest BCUT2D eigenvalue weighted by Gasteiger charge is 2.36. The molecule has 1 aliphatic rings. The molecule has 78 valence electrons. The van der Waals surface area contributed by atoms with E-state index in [0.717, 1.165) is 5.56 Å². The summed E-state index contributed by atoms with van der Waals surface area (Å²) in [6.45, 7) is 0. The lowest BCUT2D eigenvalue weighted by Gasteiger charge is -2.08. The van der Waals surface area contributed by atoms with Crippen LogP contribution in [0, 0.1) is 0 Å². The second-order valence-corrected chi connectivity index (χ2v) is 4.04. The van der Waals surface area contributed by atoms with E-state index in [9.17, 15) is 9.59 Å². The van der Waals surface area contributed by atoms with E-state index in [2.05, 4.69) is 0 Å². The lowest BCUT2D eigenvalue weighted by atomic mass is 9.98. The lowest BCUT2D eigenvalue weighted by Crippen LogP contribution is -2.25. The van der Waals surface area contributed by atoms with Crippen molar-refractivity contribution in [2.24, 2.45) is 0 Å². The first kappa shape index (κ1) is 10.2. The lowest BCUT2D eigenvalue weighted by molar-refractivity contribution is -0.137. The molecule has 1 saturated heterocycles. The van der Waals surface area contributed by atoms with Gasteiger partial charge in [0.25, 0.3) is 0 Å². The summed E-state index contributed by atoms with van der Waals surface area (Å²) in [7, 11) is 1.51. The molecule has 1 aliphatic heterocycles. The Balaban J connectivity index is 2.29. The molecule has 1 atom stereocenters. The molecule has 3 nitrogen and oxygen atoms in total. The summed E-state index contributed by atoms with van der Waals surface area (Å²) in [6.07, 6.45) is 0.261. The maximum absolute atomic E-state index is 11.7. The first-order valence-corrected chi connectivity index (χ1v) is 5.03. The number of carbonyl (C=O) groups is 2. The van der Waals surface area contributed by atoms with Gasteiger partial charge in [-0.2, -0.15) is 0 Å². The zero-order valence-electron chi connectivity index (χ0n) is 8.24. The number of carbonyl (C=O) groups excluding carboxylic acids is 2. The van der Waals surface area contributed by atoms with Crippen LogP contribution >= 0.6 is 11.6 Å². The van der Waals surface area contributed by atoms with Crippen molar-refractivity contribution in [2.45, 2.75) is 12.3 Å². The van der Waals surface area contributed by atoms with Gasteiger partial charge >= 0.3 is 0 Å². The van der Waals surface area contributed by atoms with Crippen LogP contribution in [-0.2, 0) is 9.59 Å². The van der Waals surface area contributed by atoms with E-state index in [1.54, 1.807) is 24.3 Å². The van der Waals surface area contributed by atoms with Gasteiger partial charge in [-0.05, 0) is 17.7 Å². The SMILES string of the molecule is CN1C(=O)C[C@@H](c2ccc(Cl)cc2)C1=O. The highest BCUT2D eigenvalue weighted by Crippen LogP contribution is 2.29. The van der Waals surface area contributed by atoms with Crippen LogP contribution in [0.2, 0.25) is 5.02 Å². The molecule has 0 bridgehead atoms. The van der Waals surface area contributed by atoms with Gasteiger partial charge in [0.2, 0.25) is 11.8 Å². The molecule has 0 radical (unpaired) electrons. The topological polar surface area (TPSA) is 37.4 Å². The molecule has 0 aliphatic carbocycles. The van der Waals surface area contributed by atoms with E-state index in [1.165, 1.54) is 11.9 Å². The van der Waals surface area contributed by atoms with Gasteiger partial charge in [-0.3, -0.25) is 14.5 Å². The molecule has 0 aromatic heterocycles. The molecule has 2 rings (SSSR count). The molecule has 0 N–H and O–H groups in total. The summed E-state index contributed by atoms with van der Waals surface area (Å²) in [5.41, 5.74) is 0.849. The Morgan fingerprint density at radius 1 is 1.27 bits per heavy atom. The van der Waals surface area contributed by atoms with Crippen LogP contribution < -0.4 is 0 Å². The van der Waals surface area contributed by atoms with Crippen molar-refractivity contribution in [1.82, 2.24) is 4.90 Å². The number of imide groups is 1. The predicted octanol–water partition coefficient (Wildman–Crippen LogP) is 1.81. The molecular weight excluding hydrogens is 214 g/mol. The third-order valence-corrected chi connectivity index (χ3v) is 2.91. The van der Waals surface area contributed by atoms with Gasteiger partial charge in [-0.25, -0.2) is 0 Å². The van der Waals surface area contributed by atoms with Crippen LogP contribution in [0.1, 0.15) is 17.9 Å². The van der Waals surface area contributed by atoms with Gasteiger partial charge < -0.3 is 0 Å². The first-order chi connectivity index (χ1) is 7.09. The zero-order valence-corrected chi connectivity index (χ0v) is 8.99. The summed E-state index contributed by atoms with van der Waals surface area (Å²) >= 11 is 5.75. The maximum atomic E-state index is 11.7. The normalized spacial score (nSPS) is 21.2. The number of likely N-dealkylation sites (tertiary alicyclic amines) is 1. The van der Waals surface area contributed by atoms with E-state index < -0.39 is 0 Å². The van der Waals surface area contributed by atoms with E-state index in [0.29, 0.717) is 5.02 Å². The minimum atomic E-state index is -0.334. The van der Waals surface area contributed by atoms with E-state index in [4.69, 9.17) is 11.6 Å². The van der Waals surface area contributed by atoms with Gasteiger partial charge in [0.1, 0.15) is 0 Å². The van der Waals surface area contributed by atoms with Crippen molar-refractivity contribution in [1.29, 1.82) is 0 Å². The fourth-order valence-electron chi connectivity index (χ4n) is 1.71. The monoisotopic (exact) mass is 223 g/mol. The molecule has 1 aromatic rings. The average Bonchev–Trinajstić information content (AvgIpc) is 2.47. The van der Waals surface area contributed by atoms with Gasteiger partial charge in [0.05, 0.1) is 5.92 Å². The Bertz CT molecular complexity index is 413. The van der Waals surface area contributed by atoms with Crippen molar-refractivity contribution >= 4 is 23.4 Å². The van der Waals surface area contributed by atoms with Crippen molar-refractivity contribution < 1.29 is 9.59 Å². The van der Waals surface area contributed by atoms with Crippen molar-refractivity contribution in [3.63, 3.8) is 0 Å². The quantitative estimate of drug-likeness (QED) is 0.681. The molecule has 0 unspecified atom stereocenters. The van der Waals surface area contributed by atoms with E-state index in [1.807, 2.05) is 0 Å². The number of hydrogen-bond donors (Lipinski definition) is 0. The van der Waals surface area contributed by atoms with Crippen LogP contribution in [0.5, 0.6) is 0 Å². The van der Waals surface area contributed by atoms with Gasteiger partial charge in [0, 0.05) is 18.5 Å². The Kier molecular flexibility index (Phi) is 2.49. The van der Waals surface area contributed by atoms with Crippen molar-refractivity contribution in [2.75, 3.05) is 7.05 Å². The Labute approximate surface area is 92.6 Å². The summed E-state index contributed by atoms with van der Waals surface area (Å²) in [4.78, 5) is 24.2.